The van der Waals surface area contributed by atoms with Crippen molar-refractivity contribution in [2.75, 3.05) is 0 Å². The van der Waals surface area contributed by atoms with Crippen molar-refractivity contribution >= 4 is 23.9 Å². The Morgan fingerprint density at radius 3 is 2.09 bits per heavy atom. The highest BCUT2D eigenvalue weighted by Gasteiger charge is 2.47. The summed E-state index contributed by atoms with van der Waals surface area (Å²) in [6.45, 7) is 0. The molecule has 0 aromatic heterocycles. The minimum Gasteiger partial charge on any atom is -0.393 e. The van der Waals surface area contributed by atoms with Crippen molar-refractivity contribution in [3.05, 3.63) is 34.9 Å². The lowest BCUT2D eigenvalue weighted by molar-refractivity contribution is -0.155. The first kappa shape index (κ1) is 13.2. The zero-order valence-electron chi connectivity index (χ0n) is 11.5. The van der Waals surface area contributed by atoms with Crippen LogP contribution < -0.4 is 0 Å². The molecule has 112 valence electrons. The van der Waals surface area contributed by atoms with Crippen molar-refractivity contribution in [2.24, 2.45) is 11.8 Å². The van der Waals surface area contributed by atoms with E-state index in [1.54, 1.807) is 6.07 Å². The van der Waals surface area contributed by atoms with E-state index in [-0.39, 0.29) is 6.42 Å². The van der Waals surface area contributed by atoms with Crippen molar-refractivity contribution in [3.8, 4) is 0 Å². The van der Waals surface area contributed by atoms with Crippen LogP contribution in [-0.4, -0.2) is 23.9 Å². The molecular formula is C16H12O6. The quantitative estimate of drug-likeness (QED) is 0.559. The Morgan fingerprint density at radius 1 is 0.773 bits per heavy atom. The van der Waals surface area contributed by atoms with Crippen LogP contribution in [0.2, 0.25) is 0 Å². The van der Waals surface area contributed by atoms with E-state index in [1.807, 2.05) is 12.1 Å². The fourth-order valence-electron chi connectivity index (χ4n) is 3.48. The van der Waals surface area contributed by atoms with Gasteiger partial charge in [-0.15, -0.1) is 0 Å². The van der Waals surface area contributed by atoms with Gasteiger partial charge in [0.15, 0.2) is 0 Å². The number of hydrogen-bond donors (Lipinski definition) is 0. The van der Waals surface area contributed by atoms with Gasteiger partial charge in [-0.05, 0) is 29.5 Å². The first-order valence-electron chi connectivity index (χ1n) is 7.14. The lowest BCUT2D eigenvalue weighted by Crippen LogP contribution is -2.27. The summed E-state index contributed by atoms with van der Waals surface area (Å²) in [6, 6.07) is 5.48. The van der Waals surface area contributed by atoms with E-state index in [2.05, 4.69) is 4.74 Å². The predicted molar refractivity (Wildman–Crippen MR) is 70.4 cm³/mol. The van der Waals surface area contributed by atoms with Gasteiger partial charge in [0.1, 0.15) is 0 Å². The van der Waals surface area contributed by atoms with Gasteiger partial charge in [-0.3, -0.25) is 19.2 Å². The van der Waals surface area contributed by atoms with E-state index >= 15 is 0 Å². The molecule has 4 rings (SSSR count). The third-order valence-corrected chi connectivity index (χ3v) is 4.67. The summed E-state index contributed by atoms with van der Waals surface area (Å²) in [5.74, 6) is -3.38. The minimum atomic E-state index is -0.576. The van der Waals surface area contributed by atoms with Gasteiger partial charge >= 0.3 is 23.9 Å². The molecule has 3 unspecified atom stereocenters. The van der Waals surface area contributed by atoms with Crippen LogP contribution in [0.3, 0.4) is 0 Å². The molecule has 0 spiro atoms. The molecule has 2 heterocycles. The molecule has 2 fully saturated rings. The summed E-state index contributed by atoms with van der Waals surface area (Å²) in [5, 5.41) is 0. The lowest BCUT2D eigenvalue weighted by Gasteiger charge is -2.24. The maximum Gasteiger partial charge on any atom is 0.321 e. The second-order valence-electron chi connectivity index (χ2n) is 5.94. The van der Waals surface area contributed by atoms with Crippen molar-refractivity contribution in [1.82, 2.24) is 0 Å². The number of carbonyl (C=O) groups excluding carboxylic acids is 4. The minimum absolute atomic E-state index is 0.0458. The normalized spacial score (nSPS) is 29.9. The van der Waals surface area contributed by atoms with Crippen LogP contribution in [0, 0.1) is 11.8 Å². The first-order valence-corrected chi connectivity index (χ1v) is 7.14. The molecule has 0 bridgehead atoms. The highest BCUT2D eigenvalue weighted by molar-refractivity contribution is 5.98. The predicted octanol–water partition coefficient (Wildman–Crippen LogP) is 0.658. The molecule has 0 amide bonds. The summed E-state index contributed by atoms with van der Waals surface area (Å²) < 4.78 is 9.28. The number of hydrogen-bond acceptors (Lipinski definition) is 6. The molecule has 22 heavy (non-hydrogen) atoms. The first-order chi connectivity index (χ1) is 10.5. The van der Waals surface area contributed by atoms with Gasteiger partial charge in [0.05, 0.1) is 24.2 Å². The van der Waals surface area contributed by atoms with Crippen LogP contribution in [-0.2, 0) is 41.5 Å². The van der Waals surface area contributed by atoms with E-state index in [0.29, 0.717) is 18.4 Å². The Bertz CT molecular complexity index is 734. The topological polar surface area (TPSA) is 86.7 Å². The Labute approximate surface area is 125 Å². The van der Waals surface area contributed by atoms with Crippen molar-refractivity contribution in [3.63, 3.8) is 0 Å². The standard InChI is InChI=1S/C16H12O6/c17-13-6-10(14(18)21-13)8-2-1-7-4-11-12(5-9(7)3-8)16(20)22-15(11)19/h1-3,10-12H,4-6H2. The highest BCUT2D eigenvalue weighted by Crippen LogP contribution is 2.38. The molecule has 2 aliphatic heterocycles. The highest BCUT2D eigenvalue weighted by atomic mass is 16.6. The smallest absolute Gasteiger partial charge is 0.321 e. The molecule has 3 aliphatic rings. The molecule has 1 aromatic rings. The molecule has 6 heteroatoms. The Hall–Kier alpha value is -2.50. The van der Waals surface area contributed by atoms with Crippen LogP contribution >= 0.6 is 0 Å². The van der Waals surface area contributed by atoms with Crippen LogP contribution in [0.1, 0.15) is 29.0 Å². The number of carbonyl (C=O) groups is 4. The lowest BCUT2D eigenvalue weighted by atomic mass is 9.76. The molecule has 0 saturated carbocycles. The average Bonchev–Trinajstić information content (AvgIpc) is 2.96. The van der Waals surface area contributed by atoms with E-state index < -0.39 is 41.6 Å². The molecule has 0 radical (unpaired) electrons. The number of esters is 4. The Morgan fingerprint density at radius 2 is 1.45 bits per heavy atom. The summed E-state index contributed by atoms with van der Waals surface area (Å²) in [4.78, 5) is 46.2. The van der Waals surface area contributed by atoms with Gasteiger partial charge in [0.2, 0.25) is 0 Å². The van der Waals surface area contributed by atoms with Crippen LogP contribution in [0.4, 0.5) is 0 Å². The van der Waals surface area contributed by atoms with Crippen molar-refractivity contribution < 1.29 is 28.7 Å². The van der Waals surface area contributed by atoms with Crippen LogP contribution in [0.25, 0.3) is 0 Å². The second-order valence-corrected chi connectivity index (χ2v) is 5.94. The van der Waals surface area contributed by atoms with Gasteiger partial charge in [-0.1, -0.05) is 18.2 Å². The van der Waals surface area contributed by atoms with Gasteiger partial charge < -0.3 is 9.47 Å². The molecule has 0 N–H and O–H groups in total. The van der Waals surface area contributed by atoms with Crippen molar-refractivity contribution in [2.45, 2.75) is 25.2 Å². The number of fused-ring (bicyclic) bond motifs is 2. The molecule has 1 aromatic carbocycles. The average molecular weight is 300 g/mol. The van der Waals surface area contributed by atoms with E-state index in [1.165, 1.54) is 0 Å². The van der Waals surface area contributed by atoms with E-state index in [0.717, 1.165) is 11.1 Å². The summed E-state index contributed by atoms with van der Waals surface area (Å²) in [5.41, 5.74) is 2.62. The fourth-order valence-corrected chi connectivity index (χ4v) is 3.48. The maximum atomic E-state index is 11.7. The Kier molecular flexibility index (Phi) is 2.69. The molecular weight excluding hydrogens is 288 g/mol. The van der Waals surface area contributed by atoms with E-state index in [4.69, 9.17) is 4.74 Å². The largest absolute Gasteiger partial charge is 0.393 e. The Balaban J connectivity index is 1.67. The van der Waals surface area contributed by atoms with Crippen molar-refractivity contribution in [1.29, 1.82) is 0 Å². The van der Waals surface area contributed by atoms with Gasteiger partial charge in [-0.25, -0.2) is 0 Å². The number of rotatable bonds is 1. The third kappa shape index (κ3) is 1.87. The van der Waals surface area contributed by atoms with Gasteiger partial charge in [0, 0.05) is 0 Å². The zero-order valence-corrected chi connectivity index (χ0v) is 11.5. The number of benzene rings is 1. The maximum absolute atomic E-state index is 11.7. The fraction of sp³-hybridized carbons (Fsp3) is 0.375. The molecule has 1 aliphatic carbocycles. The van der Waals surface area contributed by atoms with Gasteiger partial charge in [0.25, 0.3) is 0 Å². The van der Waals surface area contributed by atoms with Gasteiger partial charge in [-0.2, -0.15) is 0 Å². The number of cyclic esters (lactones) is 4. The molecule has 3 atom stereocenters. The third-order valence-electron chi connectivity index (χ3n) is 4.67. The monoisotopic (exact) mass is 300 g/mol. The number of ether oxygens (including phenoxy) is 2. The second kappa shape index (κ2) is 4.50. The molecule has 6 nitrogen and oxygen atoms in total. The van der Waals surface area contributed by atoms with E-state index in [9.17, 15) is 19.2 Å². The summed E-state index contributed by atoms with van der Waals surface area (Å²) in [7, 11) is 0. The zero-order chi connectivity index (χ0) is 15.4. The van der Waals surface area contributed by atoms with Crippen LogP contribution in [0.5, 0.6) is 0 Å². The molecule has 2 saturated heterocycles. The SMILES string of the molecule is O=C1CC(c2ccc3c(c2)CC2C(=O)OC(=O)C2C3)C(=O)O1. The van der Waals surface area contributed by atoms with Crippen LogP contribution in [0.15, 0.2) is 18.2 Å². The summed E-state index contributed by atoms with van der Waals surface area (Å²) in [6.07, 6.45) is 0.942. The summed E-state index contributed by atoms with van der Waals surface area (Å²) >= 11 is 0.